The molecule has 10 nitrogen and oxygen atoms in total. The van der Waals surface area contributed by atoms with Gasteiger partial charge in [0.05, 0.1) is 6.42 Å². The van der Waals surface area contributed by atoms with Gasteiger partial charge < -0.3 is 26.0 Å². The Kier molecular flexibility index (Phi) is 10.4. The second kappa shape index (κ2) is 12.7. The molecule has 2 unspecified atom stereocenters. The predicted octanol–water partition coefficient (Wildman–Crippen LogP) is -0.110. The van der Waals surface area contributed by atoms with E-state index in [1.807, 2.05) is 6.08 Å². The van der Waals surface area contributed by atoms with E-state index in [9.17, 15) is 24.0 Å². The van der Waals surface area contributed by atoms with Crippen LogP contribution >= 0.6 is 21.6 Å². The van der Waals surface area contributed by atoms with Crippen LogP contribution in [-0.2, 0) is 28.7 Å². The second-order valence-corrected chi connectivity index (χ2v) is 10.5. The molecule has 0 aromatic heterocycles. The lowest BCUT2D eigenvalue weighted by Gasteiger charge is -2.26. The van der Waals surface area contributed by atoms with Gasteiger partial charge >= 0.3 is 5.97 Å². The maximum atomic E-state index is 12.9. The molecule has 0 aromatic carbocycles. The van der Waals surface area contributed by atoms with E-state index in [-0.39, 0.29) is 18.1 Å². The van der Waals surface area contributed by atoms with Gasteiger partial charge in [-0.05, 0) is 25.3 Å². The molecule has 2 aliphatic rings. The van der Waals surface area contributed by atoms with E-state index in [4.69, 9.17) is 4.74 Å². The third-order valence-electron chi connectivity index (χ3n) is 4.76. The van der Waals surface area contributed by atoms with E-state index >= 15 is 0 Å². The highest BCUT2D eigenvalue weighted by atomic mass is 33.1. The fourth-order valence-electron chi connectivity index (χ4n) is 2.99. The van der Waals surface area contributed by atoms with E-state index in [0.29, 0.717) is 6.42 Å². The van der Waals surface area contributed by atoms with Crippen molar-refractivity contribution in [3.05, 3.63) is 12.2 Å². The van der Waals surface area contributed by atoms with Crippen LogP contribution in [0, 0.1) is 5.92 Å². The van der Waals surface area contributed by atoms with Crippen LogP contribution in [0.15, 0.2) is 12.2 Å². The Hall–Kier alpha value is -2.21. The Morgan fingerprint density at radius 1 is 1.00 bits per heavy atom. The van der Waals surface area contributed by atoms with Gasteiger partial charge in [-0.1, -0.05) is 41.5 Å². The van der Waals surface area contributed by atoms with Gasteiger partial charge in [-0.15, -0.1) is 0 Å². The van der Waals surface area contributed by atoms with Crippen molar-refractivity contribution in [2.45, 2.75) is 57.8 Å². The monoisotopic (exact) mass is 486 g/mol. The molecule has 2 aliphatic heterocycles. The minimum atomic E-state index is -0.924. The molecule has 32 heavy (non-hydrogen) atoms. The first-order chi connectivity index (χ1) is 15.2. The summed E-state index contributed by atoms with van der Waals surface area (Å²) in [5.74, 6) is -2.01. The standard InChI is InChI=1S/C20H30N4O6S2/c1-11(2)17-20(29)23-14-10-32-31-7-5-4-6-13(8-15(25)24-17)30-16(26)9-21-18(27)12(3)22-19(14)28/h4,6,11-14,17H,5,7-10H2,1-3H3,(H,21,27)(H,22,28)(H,23,29)(H,24,25)/b6-4+/t12-,13?,14?,17+/m0/s1. The summed E-state index contributed by atoms with van der Waals surface area (Å²) in [5.41, 5.74) is 0. The number of rotatable bonds is 1. The van der Waals surface area contributed by atoms with Gasteiger partial charge in [0.25, 0.3) is 0 Å². The van der Waals surface area contributed by atoms with E-state index in [2.05, 4.69) is 21.3 Å². The Bertz CT molecular complexity index is 760. The van der Waals surface area contributed by atoms with Gasteiger partial charge in [-0.25, -0.2) is 0 Å². The average molecular weight is 487 g/mol. The third kappa shape index (κ3) is 8.38. The van der Waals surface area contributed by atoms with Crippen LogP contribution in [0.25, 0.3) is 0 Å². The van der Waals surface area contributed by atoms with Gasteiger partial charge in [0.1, 0.15) is 30.8 Å². The number of nitrogens with one attached hydrogen (secondary N) is 4. The summed E-state index contributed by atoms with van der Waals surface area (Å²) >= 11 is 0. The largest absolute Gasteiger partial charge is 0.456 e. The lowest BCUT2D eigenvalue weighted by atomic mass is 10.0. The summed E-state index contributed by atoms with van der Waals surface area (Å²) in [6.45, 7) is 4.64. The van der Waals surface area contributed by atoms with Crippen molar-refractivity contribution in [1.82, 2.24) is 21.3 Å². The Labute approximate surface area is 195 Å². The van der Waals surface area contributed by atoms with Crippen molar-refractivity contribution in [2.24, 2.45) is 5.92 Å². The molecule has 2 bridgehead atoms. The molecular formula is C20H30N4O6S2. The van der Waals surface area contributed by atoms with Crippen molar-refractivity contribution < 1.29 is 28.7 Å². The zero-order valence-electron chi connectivity index (χ0n) is 18.3. The maximum Gasteiger partial charge on any atom is 0.326 e. The highest BCUT2D eigenvalue weighted by molar-refractivity contribution is 8.76. The molecule has 1 saturated heterocycles. The van der Waals surface area contributed by atoms with Gasteiger partial charge in [-0.3, -0.25) is 24.0 Å². The fourth-order valence-corrected chi connectivity index (χ4v) is 5.14. The van der Waals surface area contributed by atoms with Crippen molar-refractivity contribution in [3.63, 3.8) is 0 Å². The number of carbonyl (C=O) groups excluding carboxylic acids is 5. The summed E-state index contributed by atoms with van der Waals surface area (Å²) in [7, 11) is 2.96. The van der Waals surface area contributed by atoms with Crippen molar-refractivity contribution >= 4 is 51.2 Å². The van der Waals surface area contributed by atoms with Crippen LogP contribution in [0.4, 0.5) is 0 Å². The maximum absolute atomic E-state index is 12.9. The van der Waals surface area contributed by atoms with Crippen LogP contribution < -0.4 is 21.3 Å². The molecule has 0 aliphatic carbocycles. The van der Waals surface area contributed by atoms with Gasteiger partial charge in [0, 0.05) is 11.5 Å². The minimum Gasteiger partial charge on any atom is -0.456 e. The Morgan fingerprint density at radius 3 is 2.47 bits per heavy atom. The van der Waals surface area contributed by atoms with Crippen LogP contribution in [0.3, 0.4) is 0 Å². The van der Waals surface area contributed by atoms with Crippen LogP contribution in [0.1, 0.15) is 33.6 Å². The first-order valence-corrected chi connectivity index (χ1v) is 12.9. The fraction of sp³-hybridized carbons (Fsp3) is 0.650. The lowest BCUT2D eigenvalue weighted by Crippen LogP contribution is -2.58. The molecule has 4 atom stereocenters. The molecule has 12 heteroatoms. The predicted molar refractivity (Wildman–Crippen MR) is 122 cm³/mol. The Morgan fingerprint density at radius 2 is 1.75 bits per heavy atom. The van der Waals surface area contributed by atoms with Crippen molar-refractivity contribution in [3.8, 4) is 0 Å². The highest BCUT2D eigenvalue weighted by Crippen LogP contribution is 2.23. The van der Waals surface area contributed by atoms with Crippen LogP contribution in [0.2, 0.25) is 0 Å². The zero-order valence-corrected chi connectivity index (χ0v) is 20.0. The van der Waals surface area contributed by atoms with Crippen LogP contribution in [0.5, 0.6) is 0 Å². The number of hydrogen-bond acceptors (Lipinski definition) is 8. The van der Waals surface area contributed by atoms with Gasteiger partial charge in [-0.2, -0.15) is 0 Å². The molecule has 178 valence electrons. The van der Waals surface area contributed by atoms with Crippen molar-refractivity contribution in [2.75, 3.05) is 18.1 Å². The average Bonchev–Trinajstić information content (AvgIpc) is 2.72. The third-order valence-corrected chi connectivity index (χ3v) is 7.21. The lowest BCUT2D eigenvalue weighted by molar-refractivity contribution is -0.148. The normalized spacial score (nSPS) is 30.3. The molecule has 4 N–H and O–H groups in total. The molecule has 0 saturated carbocycles. The number of ether oxygens (including phenoxy) is 1. The van der Waals surface area contributed by atoms with E-state index in [1.165, 1.54) is 28.5 Å². The summed E-state index contributed by atoms with van der Waals surface area (Å²) < 4.78 is 5.36. The number of amides is 4. The molecular weight excluding hydrogens is 456 g/mol. The Balaban J connectivity index is 2.40. The summed E-state index contributed by atoms with van der Waals surface area (Å²) in [4.78, 5) is 62.9. The van der Waals surface area contributed by atoms with Gasteiger partial charge in [0.2, 0.25) is 23.6 Å². The SMILES string of the molecule is CC(C)[C@H]1NC(=O)CC2/C=C/CCSSCC(NC1=O)C(=O)N[C@@H](C)C(=O)NCC(=O)O2. The molecule has 2 heterocycles. The zero-order chi connectivity index (χ0) is 23.7. The van der Waals surface area contributed by atoms with Crippen molar-refractivity contribution in [1.29, 1.82) is 0 Å². The molecule has 4 amide bonds. The molecule has 0 spiro atoms. The molecule has 0 radical (unpaired) electrons. The smallest absolute Gasteiger partial charge is 0.326 e. The number of carbonyl (C=O) groups is 5. The first kappa shape index (κ1) is 26.0. The highest BCUT2D eigenvalue weighted by Gasteiger charge is 2.31. The summed E-state index contributed by atoms with van der Waals surface area (Å²) in [6.07, 6.45) is 3.12. The van der Waals surface area contributed by atoms with E-state index in [1.54, 1.807) is 19.9 Å². The molecule has 2 rings (SSSR count). The minimum absolute atomic E-state index is 0.172. The van der Waals surface area contributed by atoms with E-state index in [0.717, 1.165) is 5.75 Å². The summed E-state index contributed by atoms with van der Waals surface area (Å²) in [5, 5.41) is 10.4. The topological polar surface area (TPSA) is 143 Å². The first-order valence-electron chi connectivity index (χ1n) is 10.5. The number of fused-ring (bicyclic) bond motifs is 7. The molecule has 1 fully saturated rings. The quantitative estimate of drug-likeness (QED) is 0.228. The molecule has 0 aromatic rings. The van der Waals surface area contributed by atoms with E-state index < -0.39 is 60.4 Å². The van der Waals surface area contributed by atoms with Crippen LogP contribution in [-0.4, -0.2) is 71.9 Å². The summed E-state index contributed by atoms with van der Waals surface area (Å²) in [6, 6.07) is -2.71. The number of hydrogen-bond donors (Lipinski definition) is 4. The number of esters is 1. The second-order valence-electron chi connectivity index (χ2n) is 7.85. The number of allylic oxidation sites excluding steroid dienone is 1. The van der Waals surface area contributed by atoms with Gasteiger partial charge in [0.15, 0.2) is 0 Å².